The number of nitrogens with zero attached hydrogens (tertiary/aromatic N) is 3. The van der Waals surface area contributed by atoms with Gasteiger partial charge in [-0.1, -0.05) is 0 Å². The van der Waals surface area contributed by atoms with Crippen LogP contribution >= 0.6 is 0 Å². The second-order valence-corrected chi connectivity index (χ2v) is 6.28. The van der Waals surface area contributed by atoms with Crippen LogP contribution in [0.4, 0.5) is 4.79 Å². The Morgan fingerprint density at radius 1 is 1.42 bits per heavy atom. The maximum absolute atomic E-state index is 12.2. The molecule has 124 valence electrons. The third-order valence-corrected chi connectivity index (χ3v) is 4.80. The normalized spacial score (nSPS) is 18.2. The number of likely N-dealkylation sites (tertiary alicyclic amines) is 1. The van der Waals surface area contributed by atoms with E-state index in [4.69, 9.17) is 0 Å². The number of piperidine rings is 1. The Morgan fingerprint density at radius 2 is 2.33 bits per heavy atom. The molecule has 0 aromatic carbocycles. The van der Waals surface area contributed by atoms with Crippen LogP contribution in [0.3, 0.4) is 0 Å². The molecule has 4 heterocycles. The van der Waals surface area contributed by atoms with E-state index in [1.54, 1.807) is 6.20 Å². The molecule has 3 aromatic rings. The van der Waals surface area contributed by atoms with Crippen LogP contribution in [0.2, 0.25) is 0 Å². The molecule has 0 saturated carbocycles. The molecule has 0 aliphatic carbocycles. The summed E-state index contributed by atoms with van der Waals surface area (Å²) in [6.07, 6.45) is 7.73. The number of carbonyl (C=O) groups excluding carboxylic acids is 1. The topological polar surface area (TPSA) is 73.9 Å². The summed E-state index contributed by atoms with van der Waals surface area (Å²) in [7, 11) is 0. The molecule has 6 nitrogen and oxygen atoms in total. The molecule has 3 aromatic heterocycles. The molecule has 1 fully saturated rings. The minimum Gasteiger partial charge on any atom is -0.360 e. The van der Waals surface area contributed by atoms with E-state index in [2.05, 4.69) is 26.3 Å². The number of urea groups is 1. The Kier molecular flexibility index (Phi) is 3.80. The van der Waals surface area contributed by atoms with Crippen LogP contribution < -0.4 is 5.32 Å². The summed E-state index contributed by atoms with van der Waals surface area (Å²) in [6.45, 7) is 4.19. The molecule has 0 bridgehead atoms. The molecular weight excluding hydrogens is 302 g/mol. The molecule has 1 atom stereocenters. The van der Waals surface area contributed by atoms with Gasteiger partial charge in [0.25, 0.3) is 0 Å². The molecule has 1 aliphatic heterocycles. The van der Waals surface area contributed by atoms with E-state index in [0.717, 1.165) is 42.5 Å². The standard InChI is InChI=1S/C18H21N5O/c1-2-19-18(24)23-9-3-4-12(11-23)13-5-7-20-15-10-22-17-14(16(13)15)6-8-21-17/h5-8,10,12,20H,2-4,9,11H2,1H3,(H,19,24). The second-order valence-electron chi connectivity index (χ2n) is 6.28. The molecule has 24 heavy (non-hydrogen) atoms. The molecule has 2 N–H and O–H groups in total. The summed E-state index contributed by atoms with van der Waals surface area (Å²) in [4.78, 5) is 26.1. The maximum Gasteiger partial charge on any atom is 0.317 e. The van der Waals surface area contributed by atoms with Crippen molar-refractivity contribution in [3.05, 3.63) is 36.3 Å². The van der Waals surface area contributed by atoms with Gasteiger partial charge in [-0.2, -0.15) is 0 Å². The highest BCUT2D eigenvalue weighted by Gasteiger charge is 2.26. The molecule has 6 heteroatoms. The Labute approximate surface area is 140 Å². The lowest BCUT2D eigenvalue weighted by atomic mass is 9.88. The Bertz CT molecular complexity index is 887. The van der Waals surface area contributed by atoms with Gasteiger partial charge < -0.3 is 15.2 Å². The van der Waals surface area contributed by atoms with Gasteiger partial charge in [-0.3, -0.25) is 0 Å². The number of aromatic amines is 1. The van der Waals surface area contributed by atoms with Crippen LogP contribution in [0.15, 0.2) is 30.7 Å². The van der Waals surface area contributed by atoms with Crippen molar-refractivity contribution in [3.63, 3.8) is 0 Å². The van der Waals surface area contributed by atoms with E-state index in [1.807, 2.05) is 30.3 Å². The number of fused-ring (bicyclic) bond motifs is 3. The zero-order chi connectivity index (χ0) is 16.5. The summed E-state index contributed by atoms with van der Waals surface area (Å²) >= 11 is 0. The lowest BCUT2D eigenvalue weighted by molar-refractivity contribution is 0.180. The third-order valence-electron chi connectivity index (χ3n) is 4.80. The molecule has 4 rings (SSSR count). The van der Waals surface area contributed by atoms with Gasteiger partial charge in [0.05, 0.1) is 11.7 Å². The molecule has 0 radical (unpaired) electrons. The first-order chi connectivity index (χ1) is 11.8. The first-order valence-corrected chi connectivity index (χ1v) is 8.51. The van der Waals surface area contributed by atoms with Crippen LogP contribution in [0.1, 0.15) is 31.2 Å². The van der Waals surface area contributed by atoms with Gasteiger partial charge >= 0.3 is 6.03 Å². The van der Waals surface area contributed by atoms with E-state index in [0.29, 0.717) is 12.5 Å². The van der Waals surface area contributed by atoms with Gasteiger partial charge in [0.2, 0.25) is 0 Å². The number of aromatic nitrogens is 3. The second kappa shape index (κ2) is 6.11. The van der Waals surface area contributed by atoms with Crippen LogP contribution in [-0.2, 0) is 0 Å². The number of nitrogens with one attached hydrogen (secondary N) is 2. The van der Waals surface area contributed by atoms with Crippen molar-refractivity contribution in [3.8, 4) is 0 Å². The summed E-state index contributed by atoms with van der Waals surface area (Å²) in [5.74, 6) is 0.332. The van der Waals surface area contributed by atoms with Gasteiger partial charge in [-0.05, 0) is 37.5 Å². The van der Waals surface area contributed by atoms with Crippen molar-refractivity contribution < 1.29 is 4.79 Å². The van der Waals surface area contributed by atoms with Crippen molar-refractivity contribution in [2.45, 2.75) is 25.7 Å². The van der Waals surface area contributed by atoms with Gasteiger partial charge in [0, 0.05) is 48.7 Å². The third kappa shape index (κ3) is 2.48. The summed E-state index contributed by atoms with van der Waals surface area (Å²) in [5, 5.41) is 5.17. The first kappa shape index (κ1) is 14.9. The fraction of sp³-hybridized carbons (Fsp3) is 0.389. The number of hydrogen-bond acceptors (Lipinski definition) is 3. The van der Waals surface area contributed by atoms with Crippen LogP contribution in [0.5, 0.6) is 0 Å². The zero-order valence-electron chi connectivity index (χ0n) is 13.7. The lowest BCUT2D eigenvalue weighted by Gasteiger charge is -2.33. The highest BCUT2D eigenvalue weighted by atomic mass is 16.2. The van der Waals surface area contributed by atoms with E-state index in [9.17, 15) is 4.79 Å². The van der Waals surface area contributed by atoms with E-state index >= 15 is 0 Å². The maximum atomic E-state index is 12.2. The predicted molar refractivity (Wildman–Crippen MR) is 94.0 cm³/mol. The summed E-state index contributed by atoms with van der Waals surface area (Å²) in [5.41, 5.74) is 3.07. The highest BCUT2D eigenvalue weighted by molar-refractivity contribution is 6.05. The average molecular weight is 323 g/mol. The van der Waals surface area contributed by atoms with Crippen molar-refractivity contribution in [1.82, 2.24) is 25.2 Å². The summed E-state index contributed by atoms with van der Waals surface area (Å²) in [6, 6.07) is 4.20. The Balaban J connectivity index is 1.75. The smallest absolute Gasteiger partial charge is 0.317 e. The largest absolute Gasteiger partial charge is 0.360 e. The average Bonchev–Trinajstić information content (AvgIpc) is 3.10. The minimum absolute atomic E-state index is 0.0378. The molecule has 1 saturated heterocycles. The van der Waals surface area contributed by atoms with E-state index < -0.39 is 0 Å². The fourth-order valence-electron chi connectivity index (χ4n) is 3.70. The summed E-state index contributed by atoms with van der Waals surface area (Å²) < 4.78 is 0. The van der Waals surface area contributed by atoms with Crippen molar-refractivity contribution in [2.75, 3.05) is 19.6 Å². The first-order valence-electron chi connectivity index (χ1n) is 8.51. The molecule has 0 spiro atoms. The molecule has 2 amide bonds. The van der Waals surface area contributed by atoms with Crippen LogP contribution in [0, 0.1) is 0 Å². The van der Waals surface area contributed by atoms with Crippen LogP contribution in [-0.4, -0.2) is 45.5 Å². The van der Waals surface area contributed by atoms with Crippen molar-refractivity contribution in [1.29, 1.82) is 0 Å². The van der Waals surface area contributed by atoms with Gasteiger partial charge in [-0.15, -0.1) is 0 Å². The van der Waals surface area contributed by atoms with Gasteiger partial charge in [0.15, 0.2) is 5.65 Å². The monoisotopic (exact) mass is 323 g/mol. The SMILES string of the molecule is CCNC(=O)N1CCCC(c2cc[nH]c3cnc4nccc4c23)C1. The Hall–Kier alpha value is -2.63. The predicted octanol–water partition coefficient (Wildman–Crippen LogP) is 3.02. The van der Waals surface area contributed by atoms with Crippen molar-refractivity contribution >= 4 is 28.0 Å². The van der Waals surface area contributed by atoms with Gasteiger partial charge in [0.1, 0.15) is 0 Å². The van der Waals surface area contributed by atoms with Crippen LogP contribution in [0.25, 0.3) is 21.9 Å². The van der Waals surface area contributed by atoms with Crippen molar-refractivity contribution in [2.24, 2.45) is 0 Å². The number of pyridine rings is 2. The zero-order valence-corrected chi connectivity index (χ0v) is 13.7. The van der Waals surface area contributed by atoms with E-state index in [1.165, 1.54) is 10.9 Å². The Morgan fingerprint density at radius 3 is 3.21 bits per heavy atom. The quantitative estimate of drug-likeness (QED) is 0.761. The number of H-pyrrole nitrogens is 1. The molecule has 1 unspecified atom stereocenters. The minimum atomic E-state index is 0.0378. The molecular formula is C18H21N5O. The number of rotatable bonds is 2. The fourth-order valence-corrected chi connectivity index (χ4v) is 3.70. The lowest BCUT2D eigenvalue weighted by Crippen LogP contribution is -2.44. The number of hydrogen-bond donors (Lipinski definition) is 2. The highest BCUT2D eigenvalue weighted by Crippen LogP contribution is 2.34. The van der Waals surface area contributed by atoms with E-state index in [-0.39, 0.29) is 6.03 Å². The number of amides is 2. The molecule has 1 aliphatic rings. The number of carbonyl (C=O) groups is 1. The van der Waals surface area contributed by atoms with Gasteiger partial charge in [-0.25, -0.2) is 14.8 Å².